The molecule has 2 rings (SSSR count). The summed E-state index contributed by atoms with van der Waals surface area (Å²) in [6.45, 7) is 2.56. The number of nitrogens with zero attached hydrogens (tertiary/aromatic N) is 1. The smallest absolute Gasteiger partial charge is 0.272 e. The monoisotopic (exact) mass is 276 g/mol. The molecule has 1 amide bonds. The summed E-state index contributed by atoms with van der Waals surface area (Å²) in [4.78, 5) is 12.3. The van der Waals surface area contributed by atoms with E-state index in [-0.39, 0.29) is 11.9 Å². The van der Waals surface area contributed by atoms with Gasteiger partial charge < -0.3 is 15.8 Å². The molecule has 0 bridgehead atoms. The molecule has 6 nitrogen and oxygen atoms in total. The van der Waals surface area contributed by atoms with Crippen LogP contribution in [-0.4, -0.2) is 35.9 Å². The van der Waals surface area contributed by atoms with Gasteiger partial charge in [0.05, 0.1) is 18.2 Å². The number of nitrogens with one attached hydrogen (secondary N) is 2. The normalized spacial score (nSPS) is 12.5. The molecule has 0 aliphatic rings. The molecule has 1 heterocycles. The van der Waals surface area contributed by atoms with Gasteiger partial charge in [-0.2, -0.15) is 5.10 Å². The largest absolute Gasteiger partial charge is 0.399 e. The maximum atomic E-state index is 12.3. The molecule has 1 unspecified atom stereocenters. The summed E-state index contributed by atoms with van der Waals surface area (Å²) in [7, 11) is 1.62. The number of hydrogen-bond acceptors (Lipinski definition) is 4. The molecule has 0 saturated heterocycles. The van der Waals surface area contributed by atoms with E-state index in [1.165, 1.54) is 0 Å². The molecule has 1 aromatic heterocycles. The van der Waals surface area contributed by atoms with Gasteiger partial charge in [-0.1, -0.05) is 13.3 Å². The van der Waals surface area contributed by atoms with Crippen molar-refractivity contribution in [2.75, 3.05) is 19.5 Å². The number of carbonyl (C=O) groups excluding carboxylic acids is 1. The van der Waals surface area contributed by atoms with Crippen molar-refractivity contribution in [3.05, 3.63) is 23.9 Å². The van der Waals surface area contributed by atoms with E-state index in [2.05, 4.69) is 22.4 Å². The molecule has 0 spiro atoms. The van der Waals surface area contributed by atoms with Gasteiger partial charge in [0.25, 0.3) is 5.91 Å². The molecular formula is C14H20N4O2. The average Bonchev–Trinajstić information content (AvgIpc) is 2.82. The summed E-state index contributed by atoms with van der Waals surface area (Å²) in [5.41, 5.74) is 7.52. The van der Waals surface area contributed by atoms with Gasteiger partial charge >= 0.3 is 0 Å². The first-order chi connectivity index (χ1) is 9.65. The van der Waals surface area contributed by atoms with Crippen molar-refractivity contribution < 1.29 is 9.53 Å². The predicted molar refractivity (Wildman–Crippen MR) is 78.5 cm³/mol. The fourth-order valence-corrected chi connectivity index (χ4v) is 2.21. The number of nitrogens with two attached hydrogens (primary N) is 1. The standard InChI is InChI=1S/C14H20N4O2/c1-3-4-10(8-20-2)16-14(19)13-11-7-9(15)5-6-12(11)17-18-13/h5-7,10H,3-4,8,15H2,1-2H3,(H,16,19)(H,17,18). The van der Waals surface area contributed by atoms with Gasteiger partial charge in [0.2, 0.25) is 0 Å². The predicted octanol–water partition coefficient (Wildman–Crippen LogP) is 1.69. The highest BCUT2D eigenvalue weighted by molar-refractivity contribution is 6.05. The highest BCUT2D eigenvalue weighted by atomic mass is 16.5. The highest BCUT2D eigenvalue weighted by Gasteiger charge is 2.18. The second-order valence-corrected chi connectivity index (χ2v) is 4.79. The van der Waals surface area contributed by atoms with E-state index in [0.29, 0.717) is 18.0 Å². The lowest BCUT2D eigenvalue weighted by molar-refractivity contribution is 0.0888. The molecule has 4 N–H and O–H groups in total. The van der Waals surface area contributed by atoms with Crippen LogP contribution in [0.4, 0.5) is 5.69 Å². The third kappa shape index (κ3) is 3.08. The van der Waals surface area contributed by atoms with E-state index in [1.54, 1.807) is 19.2 Å². The van der Waals surface area contributed by atoms with Crippen LogP contribution in [0.3, 0.4) is 0 Å². The average molecular weight is 276 g/mol. The van der Waals surface area contributed by atoms with Gasteiger partial charge in [0, 0.05) is 18.2 Å². The number of anilines is 1. The van der Waals surface area contributed by atoms with Crippen molar-refractivity contribution in [2.24, 2.45) is 0 Å². The Balaban J connectivity index is 2.20. The number of rotatable bonds is 6. The quantitative estimate of drug-likeness (QED) is 0.700. The third-order valence-corrected chi connectivity index (χ3v) is 3.14. The molecule has 0 fully saturated rings. The van der Waals surface area contributed by atoms with Gasteiger partial charge in [-0.3, -0.25) is 9.89 Å². The van der Waals surface area contributed by atoms with E-state index in [9.17, 15) is 4.79 Å². The van der Waals surface area contributed by atoms with Crippen LogP contribution in [0, 0.1) is 0 Å². The number of fused-ring (bicyclic) bond motifs is 1. The molecule has 0 aliphatic carbocycles. The fourth-order valence-electron chi connectivity index (χ4n) is 2.21. The minimum absolute atomic E-state index is 0.00897. The van der Waals surface area contributed by atoms with Crippen molar-refractivity contribution in [3.8, 4) is 0 Å². The number of aromatic amines is 1. The number of benzene rings is 1. The van der Waals surface area contributed by atoms with Crippen LogP contribution in [0.15, 0.2) is 18.2 Å². The second-order valence-electron chi connectivity index (χ2n) is 4.79. The lowest BCUT2D eigenvalue weighted by atomic mass is 10.1. The first kappa shape index (κ1) is 14.3. The molecule has 108 valence electrons. The number of carbonyl (C=O) groups is 1. The van der Waals surface area contributed by atoms with Crippen LogP contribution < -0.4 is 11.1 Å². The minimum Gasteiger partial charge on any atom is -0.399 e. The van der Waals surface area contributed by atoms with Crippen molar-refractivity contribution in [2.45, 2.75) is 25.8 Å². The first-order valence-electron chi connectivity index (χ1n) is 6.69. The Hall–Kier alpha value is -2.08. The molecule has 0 saturated carbocycles. The second kappa shape index (κ2) is 6.38. The molecule has 0 aliphatic heterocycles. The fraction of sp³-hybridized carbons (Fsp3) is 0.429. The number of aromatic nitrogens is 2. The minimum atomic E-state index is -0.211. The topological polar surface area (TPSA) is 93.0 Å². The summed E-state index contributed by atoms with van der Waals surface area (Å²) in [6.07, 6.45) is 1.84. The number of methoxy groups -OCH3 is 1. The van der Waals surface area contributed by atoms with E-state index < -0.39 is 0 Å². The van der Waals surface area contributed by atoms with E-state index >= 15 is 0 Å². The molecule has 20 heavy (non-hydrogen) atoms. The number of H-pyrrole nitrogens is 1. The molecule has 0 radical (unpaired) electrons. The van der Waals surface area contributed by atoms with Crippen molar-refractivity contribution in [1.29, 1.82) is 0 Å². The van der Waals surface area contributed by atoms with E-state index in [1.807, 2.05) is 6.07 Å². The maximum Gasteiger partial charge on any atom is 0.272 e. The van der Waals surface area contributed by atoms with Crippen molar-refractivity contribution in [1.82, 2.24) is 15.5 Å². The SMILES string of the molecule is CCCC(COC)NC(=O)c1n[nH]c2ccc(N)cc12. The Bertz CT molecular complexity index is 588. The highest BCUT2D eigenvalue weighted by Crippen LogP contribution is 2.19. The van der Waals surface area contributed by atoms with Crippen LogP contribution in [0.1, 0.15) is 30.3 Å². The first-order valence-corrected chi connectivity index (χ1v) is 6.69. The van der Waals surface area contributed by atoms with E-state index in [4.69, 9.17) is 10.5 Å². The summed E-state index contributed by atoms with van der Waals surface area (Å²) < 4.78 is 5.12. The Morgan fingerprint density at radius 1 is 1.55 bits per heavy atom. The Labute approximate surface area is 117 Å². The molecule has 2 aromatic rings. The van der Waals surface area contributed by atoms with Crippen molar-refractivity contribution in [3.63, 3.8) is 0 Å². The maximum absolute atomic E-state index is 12.3. The Morgan fingerprint density at radius 2 is 2.35 bits per heavy atom. The van der Waals surface area contributed by atoms with Gasteiger partial charge in [-0.15, -0.1) is 0 Å². The molecule has 6 heteroatoms. The van der Waals surface area contributed by atoms with Gasteiger partial charge in [0.15, 0.2) is 5.69 Å². The zero-order valence-electron chi connectivity index (χ0n) is 11.8. The van der Waals surface area contributed by atoms with Crippen LogP contribution in [-0.2, 0) is 4.74 Å². The number of hydrogen-bond donors (Lipinski definition) is 3. The molecule has 1 atom stereocenters. The number of nitrogen functional groups attached to an aromatic ring is 1. The van der Waals surface area contributed by atoms with Crippen LogP contribution in [0.25, 0.3) is 10.9 Å². The van der Waals surface area contributed by atoms with Gasteiger partial charge in [-0.05, 0) is 24.6 Å². The zero-order chi connectivity index (χ0) is 14.5. The van der Waals surface area contributed by atoms with Gasteiger partial charge in [-0.25, -0.2) is 0 Å². The lowest BCUT2D eigenvalue weighted by Crippen LogP contribution is -2.38. The molecular weight excluding hydrogens is 256 g/mol. The lowest BCUT2D eigenvalue weighted by Gasteiger charge is -2.16. The van der Waals surface area contributed by atoms with Crippen LogP contribution in [0.2, 0.25) is 0 Å². The Morgan fingerprint density at radius 3 is 3.05 bits per heavy atom. The summed E-state index contributed by atoms with van der Waals surface area (Å²) in [5, 5.41) is 10.6. The van der Waals surface area contributed by atoms with Crippen LogP contribution >= 0.6 is 0 Å². The number of amides is 1. The van der Waals surface area contributed by atoms with Crippen molar-refractivity contribution >= 4 is 22.5 Å². The van der Waals surface area contributed by atoms with Gasteiger partial charge in [0.1, 0.15) is 0 Å². The van der Waals surface area contributed by atoms with Crippen LogP contribution in [0.5, 0.6) is 0 Å². The zero-order valence-corrected chi connectivity index (χ0v) is 11.8. The summed E-state index contributed by atoms with van der Waals surface area (Å²) in [5.74, 6) is -0.211. The Kier molecular flexibility index (Phi) is 4.57. The molecule has 1 aromatic carbocycles. The summed E-state index contributed by atoms with van der Waals surface area (Å²) >= 11 is 0. The third-order valence-electron chi connectivity index (χ3n) is 3.14. The number of ether oxygens (including phenoxy) is 1. The summed E-state index contributed by atoms with van der Waals surface area (Å²) in [6, 6.07) is 5.32. The van der Waals surface area contributed by atoms with E-state index in [0.717, 1.165) is 23.7 Å².